The molecule has 0 bridgehead atoms. The van der Waals surface area contributed by atoms with Crippen LogP contribution in [-0.2, 0) is 20.7 Å². The van der Waals surface area contributed by atoms with Gasteiger partial charge in [0.25, 0.3) is 0 Å². The molecule has 2 amide bonds. The van der Waals surface area contributed by atoms with Gasteiger partial charge >= 0.3 is 0 Å². The normalized spacial score (nSPS) is 16.8. The van der Waals surface area contributed by atoms with E-state index in [1.807, 2.05) is 41.3 Å². The summed E-state index contributed by atoms with van der Waals surface area (Å²) in [7, 11) is 1.64. The van der Waals surface area contributed by atoms with E-state index in [2.05, 4.69) is 21.9 Å². The predicted molar refractivity (Wildman–Crippen MR) is 134 cm³/mol. The Balaban J connectivity index is 1.28. The summed E-state index contributed by atoms with van der Waals surface area (Å²) in [6, 6.07) is 11.8. The minimum absolute atomic E-state index is 0.00237. The van der Waals surface area contributed by atoms with Crippen molar-refractivity contribution in [1.29, 1.82) is 0 Å². The number of amides is 2. The van der Waals surface area contributed by atoms with Crippen LogP contribution in [0.15, 0.2) is 60.2 Å². The number of hydrogen-bond donors (Lipinski definition) is 1. The van der Waals surface area contributed by atoms with E-state index in [9.17, 15) is 9.59 Å². The van der Waals surface area contributed by atoms with E-state index < -0.39 is 0 Å². The second-order valence-corrected chi connectivity index (χ2v) is 8.65. The number of aliphatic imine (C=N–C) groups is 1. The number of fused-ring (bicyclic) bond motifs is 1. The molecule has 0 saturated carbocycles. The molecule has 176 valence electrons. The van der Waals surface area contributed by atoms with E-state index in [0.29, 0.717) is 49.3 Å². The summed E-state index contributed by atoms with van der Waals surface area (Å²) < 4.78 is 5.52. The van der Waals surface area contributed by atoms with Gasteiger partial charge < -0.3 is 15.0 Å². The molecule has 1 fully saturated rings. The lowest BCUT2D eigenvalue weighted by Crippen LogP contribution is -2.38. The zero-order chi connectivity index (χ0) is 23.9. The van der Waals surface area contributed by atoms with Crippen molar-refractivity contribution in [1.82, 2.24) is 9.88 Å². The number of rotatable bonds is 6. The van der Waals surface area contributed by atoms with Crippen LogP contribution in [0.2, 0.25) is 0 Å². The summed E-state index contributed by atoms with van der Waals surface area (Å²) in [5.74, 6) is 1.70. The SMILES string of the molecule is C=C(N=C(CC1CCN(C(=O)/C=C/c2cnc3c(c2)CCC(=O)N3)CC1)OC)c1ccccc1. The number of piperidine rings is 1. The molecule has 2 aliphatic heterocycles. The third kappa shape index (κ3) is 5.98. The summed E-state index contributed by atoms with van der Waals surface area (Å²) in [6.45, 7) is 5.48. The minimum Gasteiger partial charge on any atom is -0.484 e. The molecule has 1 aromatic carbocycles. The van der Waals surface area contributed by atoms with Crippen LogP contribution < -0.4 is 5.32 Å². The number of aromatic nitrogens is 1. The lowest BCUT2D eigenvalue weighted by atomic mass is 9.93. The number of nitrogens with one attached hydrogen (secondary N) is 1. The van der Waals surface area contributed by atoms with Gasteiger partial charge in [-0.25, -0.2) is 9.98 Å². The molecule has 0 atom stereocenters. The molecule has 2 aliphatic rings. The van der Waals surface area contributed by atoms with Crippen LogP contribution in [0.3, 0.4) is 0 Å². The molecule has 3 heterocycles. The number of benzene rings is 1. The molecular formula is C27H30N4O3. The average Bonchev–Trinajstić information content (AvgIpc) is 2.87. The van der Waals surface area contributed by atoms with Gasteiger partial charge in [0.1, 0.15) is 5.82 Å². The van der Waals surface area contributed by atoms with Crippen molar-refractivity contribution in [3.63, 3.8) is 0 Å². The van der Waals surface area contributed by atoms with E-state index in [1.54, 1.807) is 25.5 Å². The second kappa shape index (κ2) is 10.9. The number of anilines is 1. The number of hydrogen-bond acceptors (Lipinski definition) is 5. The summed E-state index contributed by atoms with van der Waals surface area (Å²) in [6.07, 6.45) is 8.75. The van der Waals surface area contributed by atoms with Crippen LogP contribution in [0, 0.1) is 5.92 Å². The van der Waals surface area contributed by atoms with Crippen molar-refractivity contribution in [2.75, 3.05) is 25.5 Å². The van der Waals surface area contributed by atoms with Gasteiger partial charge in [0.2, 0.25) is 11.8 Å². The lowest BCUT2D eigenvalue weighted by Gasteiger charge is -2.31. The van der Waals surface area contributed by atoms with Gasteiger partial charge in [-0.05, 0) is 54.0 Å². The molecule has 4 rings (SSSR count). The smallest absolute Gasteiger partial charge is 0.246 e. The van der Waals surface area contributed by atoms with E-state index >= 15 is 0 Å². The molecule has 0 unspecified atom stereocenters. The maximum absolute atomic E-state index is 12.7. The molecular weight excluding hydrogens is 428 g/mol. The highest BCUT2D eigenvalue weighted by Crippen LogP contribution is 2.24. The zero-order valence-electron chi connectivity index (χ0n) is 19.5. The molecule has 34 heavy (non-hydrogen) atoms. The molecule has 1 saturated heterocycles. The predicted octanol–water partition coefficient (Wildman–Crippen LogP) is 4.32. The summed E-state index contributed by atoms with van der Waals surface area (Å²) in [4.78, 5) is 34.9. The van der Waals surface area contributed by atoms with Crippen LogP contribution in [0.5, 0.6) is 0 Å². The number of ether oxygens (including phenoxy) is 1. The van der Waals surface area contributed by atoms with Crippen LogP contribution >= 0.6 is 0 Å². The number of aryl methyl sites for hydroxylation is 1. The summed E-state index contributed by atoms with van der Waals surface area (Å²) in [5.41, 5.74) is 3.52. The van der Waals surface area contributed by atoms with Crippen molar-refractivity contribution in [2.24, 2.45) is 10.9 Å². The van der Waals surface area contributed by atoms with Crippen LogP contribution in [0.25, 0.3) is 11.8 Å². The highest BCUT2D eigenvalue weighted by Gasteiger charge is 2.23. The summed E-state index contributed by atoms with van der Waals surface area (Å²) in [5, 5.41) is 2.77. The van der Waals surface area contributed by atoms with Gasteiger partial charge in [0, 0.05) is 38.2 Å². The first kappa shape index (κ1) is 23.4. The Hall–Kier alpha value is -3.74. The largest absolute Gasteiger partial charge is 0.484 e. The third-order valence-corrected chi connectivity index (χ3v) is 6.28. The quantitative estimate of drug-likeness (QED) is 0.397. The first-order chi connectivity index (χ1) is 16.5. The number of pyridine rings is 1. The fraction of sp³-hybridized carbons (Fsp3) is 0.333. The van der Waals surface area contributed by atoms with Crippen LogP contribution in [0.4, 0.5) is 5.82 Å². The molecule has 2 aromatic rings. The van der Waals surface area contributed by atoms with Gasteiger partial charge in [0.15, 0.2) is 5.90 Å². The first-order valence-electron chi connectivity index (χ1n) is 11.6. The van der Waals surface area contributed by atoms with E-state index in [4.69, 9.17) is 4.74 Å². The van der Waals surface area contributed by atoms with Crippen LogP contribution in [-0.4, -0.2) is 47.8 Å². The fourth-order valence-electron chi connectivity index (χ4n) is 4.26. The lowest BCUT2D eigenvalue weighted by molar-refractivity contribution is -0.127. The van der Waals surface area contributed by atoms with Gasteiger partial charge in [-0.1, -0.05) is 36.9 Å². The van der Waals surface area contributed by atoms with Gasteiger partial charge in [-0.15, -0.1) is 0 Å². The topological polar surface area (TPSA) is 83.9 Å². The molecule has 0 radical (unpaired) electrons. The first-order valence-corrected chi connectivity index (χ1v) is 11.6. The minimum atomic E-state index is -0.00751. The third-order valence-electron chi connectivity index (χ3n) is 6.28. The number of carbonyl (C=O) groups is 2. The molecule has 1 N–H and O–H groups in total. The second-order valence-electron chi connectivity index (χ2n) is 8.65. The number of likely N-dealkylation sites (tertiary alicyclic amines) is 1. The Bertz CT molecular complexity index is 1120. The molecule has 0 spiro atoms. The molecule has 7 nitrogen and oxygen atoms in total. The van der Waals surface area contributed by atoms with Gasteiger partial charge in [-0.2, -0.15) is 0 Å². The monoisotopic (exact) mass is 458 g/mol. The van der Waals surface area contributed by atoms with Gasteiger partial charge in [-0.3, -0.25) is 9.59 Å². The Morgan fingerprint density at radius 3 is 2.76 bits per heavy atom. The Kier molecular flexibility index (Phi) is 7.52. The maximum atomic E-state index is 12.7. The van der Waals surface area contributed by atoms with Crippen molar-refractivity contribution in [3.05, 3.63) is 71.9 Å². The number of carbonyl (C=O) groups excluding carboxylic acids is 2. The van der Waals surface area contributed by atoms with Crippen LogP contribution in [0.1, 0.15) is 42.4 Å². The Morgan fingerprint density at radius 1 is 1.26 bits per heavy atom. The van der Waals surface area contributed by atoms with E-state index in [-0.39, 0.29) is 11.8 Å². The zero-order valence-corrected chi connectivity index (χ0v) is 19.5. The van der Waals surface area contributed by atoms with E-state index in [0.717, 1.165) is 36.0 Å². The highest BCUT2D eigenvalue weighted by molar-refractivity contribution is 5.94. The maximum Gasteiger partial charge on any atom is 0.246 e. The van der Waals surface area contributed by atoms with Crippen molar-refractivity contribution in [2.45, 2.75) is 32.1 Å². The molecule has 1 aromatic heterocycles. The standard InChI is InChI=1S/C27H30N4O3/c1-19(22-6-4-3-5-7-22)29-25(34-2)17-20-12-14-31(15-13-20)26(33)11-8-21-16-23-9-10-24(32)30-27(23)28-18-21/h3-8,11,16,18,20H,1,9-10,12-15,17H2,2H3,(H,28,30,32)/b11-8+,29-25?. The summed E-state index contributed by atoms with van der Waals surface area (Å²) >= 11 is 0. The van der Waals surface area contributed by atoms with Crippen molar-refractivity contribution >= 4 is 35.3 Å². The fourth-order valence-corrected chi connectivity index (χ4v) is 4.26. The number of nitrogens with zero attached hydrogens (tertiary/aromatic N) is 3. The van der Waals surface area contributed by atoms with E-state index in [1.165, 1.54) is 0 Å². The molecule has 7 heteroatoms. The highest BCUT2D eigenvalue weighted by atomic mass is 16.5. The molecule has 0 aliphatic carbocycles. The van der Waals surface area contributed by atoms with Crippen molar-refractivity contribution in [3.8, 4) is 0 Å². The number of methoxy groups -OCH3 is 1. The Morgan fingerprint density at radius 2 is 2.03 bits per heavy atom. The average molecular weight is 459 g/mol. The van der Waals surface area contributed by atoms with Crippen molar-refractivity contribution < 1.29 is 14.3 Å². The van der Waals surface area contributed by atoms with Gasteiger partial charge in [0.05, 0.1) is 12.8 Å². The Labute approximate surface area is 200 Å².